The topological polar surface area (TPSA) is 70.5 Å². The van der Waals surface area contributed by atoms with Crippen LogP contribution in [0.2, 0.25) is 0 Å². The van der Waals surface area contributed by atoms with E-state index in [9.17, 15) is 14.7 Å². The Hall–Kier alpha value is -2.69. The number of likely N-dealkylation sites (N-methyl/N-ethyl adjacent to an activating group) is 1. The van der Waals surface area contributed by atoms with E-state index in [0.29, 0.717) is 11.1 Å². The second-order valence-corrected chi connectivity index (χ2v) is 5.04. The van der Waals surface area contributed by atoms with Crippen molar-refractivity contribution < 1.29 is 14.7 Å². The van der Waals surface area contributed by atoms with Crippen molar-refractivity contribution in [2.45, 2.75) is 12.0 Å². The van der Waals surface area contributed by atoms with E-state index in [0.717, 1.165) is 5.56 Å². The van der Waals surface area contributed by atoms with Gasteiger partial charge < -0.3 is 10.0 Å². The van der Waals surface area contributed by atoms with Gasteiger partial charge in [0.05, 0.1) is 6.04 Å². The second kappa shape index (κ2) is 5.01. The molecule has 2 unspecified atom stereocenters. The van der Waals surface area contributed by atoms with Gasteiger partial charge in [0.15, 0.2) is 0 Å². The summed E-state index contributed by atoms with van der Waals surface area (Å²) in [5.41, 5.74) is 1.79. The highest BCUT2D eigenvalue weighted by Gasteiger charge is 2.42. The van der Waals surface area contributed by atoms with Crippen LogP contribution >= 0.6 is 0 Å². The molecule has 2 aromatic rings. The number of amides is 1. The molecule has 3 rings (SSSR count). The molecule has 106 valence electrons. The van der Waals surface area contributed by atoms with Crippen molar-refractivity contribution in [1.82, 2.24) is 9.88 Å². The number of hydrogen-bond acceptors (Lipinski definition) is 3. The summed E-state index contributed by atoms with van der Waals surface area (Å²) in [6.07, 6.45) is 3.21. The summed E-state index contributed by atoms with van der Waals surface area (Å²) in [7, 11) is 1.64. The Labute approximate surface area is 121 Å². The predicted octanol–water partition coefficient (Wildman–Crippen LogP) is 2.08. The van der Waals surface area contributed by atoms with Gasteiger partial charge in [0, 0.05) is 25.0 Å². The van der Waals surface area contributed by atoms with Crippen LogP contribution in [0.1, 0.15) is 33.4 Å². The quantitative estimate of drug-likeness (QED) is 0.915. The summed E-state index contributed by atoms with van der Waals surface area (Å²) in [6.45, 7) is 0. The molecule has 5 heteroatoms. The smallest absolute Gasteiger partial charge is 0.313 e. The standard InChI is InChI=1S/C16H14N2O3/c1-18-14(10-6-8-17-9-7-10)13(16(20)21)11-4-2-3-5-12(11)15(18)19/h2-9,13-14H,1H3,(H,20,21). The van der Waals surface area contributed by atoms with Crippen molar-refractivity contribution in [3.05, 3.63) is 65.5 Å². The second-order valence-electron chi connectivity index (χ2n) is 5.04. The van der Waals surface area contributed by atoms with Crippen LogP contribution in [-0.2, 0) is 4.79 Å². The number of carboxylic acid groups (broad SMARTS) is 1. The van der Waals surface area contributed by atoms with Crippen LogP contribution in [0.25, 0.3) is 0 Å². The number of aliphatic carboxylic acids is 1. The number of aromatic nitrogens is 1. The van der Waals surface area contributed by atoms with Gasteiger partial charge in [0.25, 0.3) is 5.91 Å². The van der Waals surface area contributed by atoms with Crippen LogP contribution < -0.4 is 0 Å². The van der Waals surface area contributed by atoms with Gasteiger partial charge in [0.2, 0.25) is 0 Å². The molecule has 21 heavy (non-hydrogen) atoms. The van der Waals surface area contributed by atoms with Gasteiger partial charge in [-0.15, -0.1) is 0 Å². The highest BCUT2D eigenvalue weighted by molar-refractivity contribution is 6.00. The zero-order valence-corrected chi connectivity index (χ0v) is 11.4. The van der Waals surface area contributed by atoms with Crippen LogP contribution in [0.3, 0.4) is 0 Å². The van der Waals surface area contributed by atoms with Gasteiger partial charge in [-0.1, -0.05) is 18.2 Å². The van der Waals surface area contributed by atoms with Gasteiger partial charge >= 0.3 is 5.97 Å². The van der Waals surface area contributed by atoms with E-state index in [-0.39, 0.29) is 5.91 Å². The number of rotatable bonds is 2. The normalized spacial score (nSPS) is 21.0. The highest BCUT2D eigenvalue weighted by Crippen LogP contribution is 2.41. The summed E-state index contributed by atoms with van der Waals surface area (Å²) < 4.78 is 0. The molecule has 1 N–H and O–H groups in total. The number of hydrogen-bond donors (Lipinski definition) is 1. The first-order chi connectivity index (χ1) is 10.1. The predicted molar refractivity (Wildman–Crippen MR) is 75.9 cm³/mol. The molecule has 0 spiro atoms. The molecule has 1 aliphatic heterocycles. The lowest BCUT2D eigenvalue weighted by molar-refractivity contribution is -0.140. The molecule has 1 aromatic carbocycles. The van der Waals surface area contributed by atoms with Crippen molar-refractivity contribution >= 4 is 11.9 Å². The van der Waals surface area contributed by atoms with Crippen molar-refractivity contribution in [1.29, 1.82) is 0 Å². The van der Waals surface area contributed by atoms with E-state index in [1.165, 1.54) is 4.90 Å². The molecule has 0 saturated carbocycles. The molecule has 1 aromatic heterocycles. The van der Waals surface area contributed by atoms with Crippen molar-refractivity contribution in [3.63, 3.8) is 0 Å². The molecular weight excluding hydrogens is 268 g/mol. The van der Waals surface area contributed by atoms with Crippen LogP contribution in [0.15, 0.2) is 48.8 Å². The lowest BCUT2D eigenvalue weighted by atomic mass is 9.80. The number of carbonyl (C=O) groups excluding carboxylic acids is 1. The summed E-state index contributed by atoms with van der Waals surface area (Å²) in [4.78, 5) is 29.7. The number of carboxylic acids is 1. The number of carbonyl (C=O) groups is 2. The summed E-state index contributed by atoms with van der Waals surface area (Å²) >= 11 is 0. The number of pyridine rings is 1. The SMILES string of the molecule is CN1C(=O)c2ccccc2C(C(=O)O)C1c1ccncc1. The lowest BCUT2D eigenvalue weighted by Gasteiger charge is -2.38. The number of fused-ring (bicyclic) bond motifs is 1. The molecule has 0 aliphatic carbocycles. The first-order valence-corrected chi connectivity index (χ1v) is 6.60. The fourth-order valence-electron chi connectivity index (χ4n) is 2.92. The van der Waals surface area contributed by atoms with Gasteiger partial charge in [-0.05, 0) is 29.3 Å². The Kier molecular flexibility index (Phi) is 3.17. The van der Waals surface area contributed by atoms with Crippen molar-refractivity contribution in [3.8, 4) is 0 Å². The Morgan fingerprint density at radius 2 is 1.86 bits per heavy atom. The minimum Gasteiger partial charge on any atom is -0.481 e. The fraction of sp³-hybridized carbons (Fsp3) is 0.188. The van der Waals surface area contributed by atoms with Crippen molar-refractivity contribution in [2.75, 3.05) is 7.05 Å². The average Bonchev–Trinajstić information content (AvgIpc) is 2.51. The Balaban J connectivity index is 2.20. The van der Waals surface area contributed by atoms with Crippen LogP contribution in [-0.4, -0.2) is 33.9 Å². The zero-order valence-electron chi connectivity index (χ0n) is 11.4. The van der Waals surface area contributed by atoms with Gasteiger partial charge in [-0.3, -0.25) is 14.6 Å². The van der Waals surface area contributed by atoms with E-state index in [1.54, 1.807) is 55.8 Å². The minimum absolute atomic E-state index is 0.162. The van der Waals surface area contributed by atoms with E-state index >= 15 is 0 Å². The van der Waals surface area contributed by atoms with E-state index in [2.05, 4.69) is 4.98 Å². The van der Waals surface area contributed by atoms with Crippen LogP contribution in [0.5, 0.6) is 0 Å². The lowest BCUT2D eigenvalue weighted by Crippen LogP contribution is -2.42. The van der Waals surface area contributed by atoms with Gasteiger partial charge in [-0.25, -0.2) is 0 Å². The largest absolute Gasteiger partial charge is 0.481 e. The highest BCUT2D eigenvalue weighted by atomic mass is 16.4. The fourth-order valence-corrected chi connectivity index (χ4v) is 2.92. The Morgan fingerprint density at radius 1 is 1.19 bits per heavy atom. The Bertz CT molecular complexity index is 700. The third kappa shape index (κ3) is 2.07. The third-order valence-corrected chi connectivity index (χ3v) is 3.89. The third-order valence-electron chi connectivity index (χ3n) is 3.89. The van der Waals surface area contributed by atoms with Gasteiger partial charge in [0.1, 0.15) is 5.92 Å². The molecule has 0 bridgehead atoms. The summed E-state index contributed by atoms with van der Waals surface area (Å²) in [6, 6.07) is 9.86. The van der Waals surface area contributed by atoms with E-state index in [1.807, 2.05) is 0 Å². The Morgan fingerprint density at radius 3 is 2.52 bits per heavy atom. The monoisotopic (exact) mass is 282 g/mol. The molecule has 2 heterocycles. The molecular formula is C16H14N2O3. The summed E-state index contributed by atoms with van der Waals surface area (Å²) in [5, 5.41) is 9.67. The molecule has 1 amide bonds. The molecule has 1 aliphatic rings. The number of benzene rings is 1. The van der Waals surface area contributed by atoms with E-state index in [4.69, 9.17) is 0 Å². The molecule has 0 fully saturated rings. The average molecular weight is 282 g/mol. The first-order valence-electron chi connectivity index (χ1n) is 6.60. The van der Waals surface area contributed by atoms with Gasteiger partial charge in [-0.2, -0.15) is 0 Å². The maximum absolute atomic E-state index is 12.5. The zero-order chi connectivity index (χ0) is 15.0. The molecule has 0 saturated heterocycles. The summed E-state index contributed by atoms with van der Waals surface area (Å²) in [5.74, 6) is -1.89. The van der Waals surface area contributed by atoms with Crippen molar-refractivity contribution in [2.24, 2.45) is 0 Å². The van der Waals surface area contributed by atoms with E-state index < -0.39 is 17.9 Å². The van der Waals surface area contributed by atoms with Crippen LogP contribution in [0, 0.1) is 0 Å². The maximum Gasteiger partial charge on any atom is 0.313 e. The maximum atomic E-state index is 12.5. The van der Waals surface area contributed by atoms with Crippen LogP contribution in [0.4, 0.5) is 0 Å². The number of nitrogens with zero attached hydrogens (tertiary/aromatic N) is 2. The molecule has 0 radical (unpaired) electrons. The first kappa shape index (κ1) is 13.3. The molecule has 2 atom stereocenters. The molecule has 5 nitrogen and oxygen atoms in total. The minimum atomic E-state index is -0.941.